The normalized spacial score (nSPS) is 17.2. The Morgan fingerprint density at radius 3 is 2.55 bits per heavy atom. The van der Waals surface area contributed by atoms with E-state index in [9.17, 15) is 9.59 Å². The van der Waals surface area contributed by atoms with Crippen LogP contribution in [0.1, 0.15) is 36.6 Å². The maximum absolute atomic E-state index is 13.6. The number of nitrogens with zero attached hydrogens (tertiary/aromatic N) is 2. The first-order valence-corrected chi connectivity index (χ1v) is 12.9. The zero-order valence-corrected chi connectivity index (χ0v) is 22.6. The average Bonchev–Trinajstić information content (AvgIpc) is 3.54. The Hall–Kier alpha value is -3.72. The third-order valence-corrected chi connectivity index (χ3v) is 7.65. The van der Waals surface area contributed by atoms with E-state index in [0.717, 1.165) is 35.7 Å². The number of amides is 1. The first kappa shape index (κ1) is 25.9. The molecule has 1 fully saturated rings. The second kappa shape index (κ2) is 10.6. The molecule has 200 valence electrons. The summed E-state index contributed by atoms with van der Waals surface area (Å²) in [7, 11) is 4.63. The zero-order valence-electron chi connectivity index (χ0n) is 21.8. The van der Waals surface area contributed by atoms with Gasteiger partial charge in [0.05, 0.1) is 38.3 Å². The molecule has 2 unspecified atom stereocenters. The topological polar surface area (TPSA) is 105 Å². The third kappa shape index (κ3) is 4.55. The van der Waals surface area contributed by atoms with Crippen molar-refractivity contribution >= 4 is 39.3 Å². The maximum atomic E-state index is 13.6. The summed E-state index contributed by atoms with van der Waals surface area (Å²) in [6.45, 7) is 2.27. The highest BCUT2D eigenvalue weighted by atomic mass is 35.5. The molecule has 10 heteroatoms. The van der Waals surface area contributed by atoms with Crippen LogP contribution in [0.4, 0.5) is 0 Å². The zero-order chi connectivity index (χ0) is 27.0. The van der Waals surface area contributed by atoms with Gasteiger partial charge in [-0.25, -0.2) is 0 Å². The summed E-state index contributed by atoms with van der Waals surface area (Å²) >= 11 is 6.54. The number of aromatic nitrogens is 2. The monoisotopic (exact) mass is 539 g/mol. The summed E-state index contributed by atoms with van der Waals surface area (Å²) < 4.78 is 23.3. The quantitative estimate of drug-likeness (QED) is 0.342. The Bertz CT molecular complexity index is 1550. The number of ether oxygens (including phenoxy) is 3. The van der Waals surface area contributed by atoms with Gasteiger partial charge in [0.2, 0.25) is 11.7 Å². The van der Waals surface area contributed by atoms with Gasteiger partial charge in [-0.15, -0.1) is 0 Å². The lowest BCUT2D eigenvalue weighted by atomic mass is 10.1. The number of aryl methyl sites for hydroxylation is 1. The molecular formula is C28H30ClN3O6. The summed E-state index contributed by atoms with van der Waals surface area (Å²) in [6.07, 6.45) is 2.66. The van der Waals surface area contributed by atoms with Crippen LogP contribution in [0.5, 0.6) is 17.2 Å². The van der Waals surface area contributed by atoms with Crippen molar-refractivity contribution < 1.29 is 23.5 Å². The van der Waals surface area contributed by atoms with E-state index in [-0.39, 0.29) is 29.8 Å². The van der Waals surface area contributed by atoms with Gasteiger partial charge < -0.3 is 28.6 Å². The molecule has 9 nitrogen and oxygen atoms in total. The number of pyridine rings is 1. The molecular weight excluding hydrogens is 510 g/mol. The van der Waals surface area contributed by atoms with Crippen LogP contribution >= 0.6 is 11.6 Å². The number of hydrogen-bond donors (Lipinski definition) is 1. The fourth-order valence-corrected chi connectivity index (χ4v) is 5.81. The van der Waals surface area contributed by atoms with Crippen molar-refractivity contribution in [3.8, 4) is 17.2 Å². The maximum Gasteiger partial charge on any atom is 0.264 e. The molecule has 1 saturated carbocycles. The molecule has 1 amide bonds. The lowest BCUT2D eigenvalue weighted by Crippen LogP contribution is -2.30. The molecule has 0 saturated heterocycles. The molecule has 2 heterocycles. The highest BCUT2D eigenvalue weighted by Crippen LogP contribution is 2.39. The molecule has 2 atom stereocenters. The van der Waals surface area contributed by atoms with Gasteiger partial charge in [0.25, 0.3) is 5.56 Å². The molecule has 0 bridgehead atoms. The number of methoxy groups -OCH3 is 3. The number of carbonyl (C=O) groups excluding carboxylic acids is 1. The Morgan fingerprint density at radius 2 is 1.87 bits per heavy atom. The number of fused-ring (bicyclic) bond motifs is 3. The van der Waals surface area contributed by atoms with E-state index in [1.54, 1.807) is 46.5 Å². The van der Waals surface area contributed by atoms with Gasteiger partial charge in [0.15, 0.2) is 11.5 Å². The van der Waals surface area contributed by atoms with Gasteiger partial charge in [-0.3, -0.25) is 9.59 Å². The molecule has 4 aromatic rings. The smallest absolute Gasteiger partial charge is 0.264 e. The van der Waals surface area contributed by atoms with Crippen molar-refractivity contribution in [3.05, 3.63) is 57.0 Å². The van der Waals surface area contributed by atoms with Crippen LogP contribution in [0.2, 0.25) is 5.02 Å². The predicted octanol–water partition coefficient (Wildman–Crippen LogP) is 4.83. The largest absolute Gasteiger partial charge is 0.493 e. The minimum Gasteiger partial charge on any atom is -0.493 e. The number of carbonyl (C=O) groups is 1. The van der Waals surface area contributed by atoms with Crippen molar-refractivity contribution in [1.29, 1.82) is 0 Å². The summed E-state index contributed by atoms with van der Waals surface area (Å²) in [5.74, 6) is 2.12. The van der Waals surface area contributed by atoms with Crippen LogP contribution in [0.25, 0.3) is 21.8 Å². The van der Waals surface area contributed by atoms with Crippen molar-refractivity contribution in [3.63, 3.8) is 0 Å². The Kier molecular flexibility index (Phi) is 7.21. The molecule has 0 radical (unpaired) electrons. The SMILES string of the molecule is COc1cc(CC(=O)NCC2CCC(n3c(=O)c4c(C)onc4c4c(Cl)cccc43)C2)cc(OC)c1OC. The molecule has 1 aliphatic rings. The summed E-state index contributed by atoms with van der Waals surface area (Å²) in [6, 6.07) is 9.08. The van der Waals surface area contributed by atoms with E-state index in [1.165, 1.54) is 0 Å². The molecule has 1 aliphatic carbocycles. The number of rotatable bonds is 8. The lowest BCUT2D eigenvalue weighted by Gasteiger charge is -2.19. The second-order valence-electron chi connectivity index (χ2n) is 9.62. The first-order chi connectivity index (χ1) is 18.4. The Morgan fingerprint density at radius 1 is 1.13 bits per heavy atom. The minimum absolute atomic E-state index is 0.0146. The fraction of sp³-hybridized carbons (Fsp3) is 0.393. The molecule has 1 N–H and O–H groups in total. The van der Waals surface area contributed by atoms with E-state index < -0.39 is 0 Å². The lowest BCUT2D eigenvalue weighted by molar-refractivity contribution is -0.120. The molecule has 0 aliphatic heterocycles. The van der Waals surface area contributed by atoms with Crippen LogP contribution < -0.4 is 25.1 Å². The van der Waals surface area contributed by atoms with Gasteiger partial charge in [0, 0.05) is 18.0 Å². The van der Waals surface area contributed by atoms with Crippen molar-refractivity contribution in [2.45, 2.75) is 38.6 Å². The average molecular weight is 540 g/mol. The van der Waals surface area contributed by atoms with Crippen molar-refractivity contribution in [2.75, 3.05) is 27.9 Å². The third-order valence-electron chi connectivity index (χ3n) is 7.34. The van der Waals surface area contributed by atoms with Crippen molar-refractivity contribution in [1.82, 2.24) is 15.0 Å². The van der Waals surface area contributed by atoms with Crippen LogP contribution in [0, 0.1) is 12.8 Å². The molecule has 5 rings (SSSR count). The van der Waals surface area contributed by atoms with E-state index in [0.29, 0.717) is 45.5 Å². The van der Waals surface area contributed by atoms with Crippen LogP contribution in [-0.4, -0.2) is 43.5 Å². The first-order valence-electron chi connectivity index (χ1n) is 12.5. The molecule has 2 aromatic heterocycles. The number of hydrogen-bond acceptors (Lipinski definition) is 7. The van der Waals surface area contributed by atoms with E-state index in [4.69, 9.17) is 30.3 Å². The van der Waals surface area contributed by atoms with Gasteiger partial charge in [-0.05, 0) is 61.9 Å². The molecule has 38 heavy (non-hydrogen) atoms. The standard InChI is InChI=1S/C28H30ClN3O6/c1-15-24-26(31-38-15)25-19(29)6-5-7-20(25)32(28(24)34)18-9-8-16(10-18)14-30-23(33)13-17-11-21(35-2)27(37-4)22(12-17)36-3/h5-7,11-12,16,18H,8-10,13-14H2,1-4H3,(H,30,33). The summed E-state index contributed by atoms with van der Waals surface area (Å²) in [4.78, 5) is 26.4. The van der Waals surface area contributed by atoms with E-state index in [1.807, 2.05) is 16.7 Å². The van der Waals surface area contributed by atoms with Gasteiger partial charge in [0.1, 0.15) is 16.7 Å². The second-order valence-corrected chi connectivity index (χ2v) is 10.0. The molecule has 0 spiro atoms. The van der Waals surface area contributed by atoms with Gasteiger partial charge in [-0.2, -0.15) is 0 Å². The van der Waals surface area contributed by atoms with Crippen molar-refractivity contribution in [2.24, 2.45) is 5.92 Å². The Balaban J connectivity index is 1.31. The van der Waals surface area contributed by atoms with E-state index >= 15 is 0 Å². The van der Waals surface area contributed by atoms with Crippen LogP contribution in [0.15, 0.2) is 39.6 Å². The highest BCUT2D eigenvalue weighted by molar-refractivity contribution is 6.37. The van der Waals surface area contributed by atoms with Gasteiger partial charge in [-0.1, -0.05) is 22.8 Å². The predicted molar refractivity (Wildman–Crippen MR) is 145 cm³/mol. The van der Waals surface area contributed by atoms with E-state index in [2.05, 4.69) is 10.5 Å². The Labute approximate surface area is 224 Å². The summed E-state index contributed by atoms with van der Waals surface area (Å²) in [5.41, 5.74) is 1.89. The number of nitrogens with one attached hydrogen (secondary N) is 1. The number of halogens is 1. The van der Waals surface area contributed by atoms with Crippen LogP contribution in [-0.2, 0) is 11.2 Å². The minimum atomic E-state index is -0.120. The number of benzene rings is 2. The van der Waals surface area contributed by atoms with Gasteiger partial charge >= 0.3 is 0 Å². The fourth-order valence-electron chi connectivity index (χ4n) is 5.55. The highest BCUT2D eigenvalue weighted by Gasteiger charge is 2.30. The molecule has 2 aromatic carbocycles. The summed E-state index contributed by atoms with van der Waals surface area (Å²) in [5, 5.41) is 8.90. The van der Waals surface area contributed by atoms with Crippen LogP contribution in [0.3, 0.4) is 0 Å².